The molecular formula is C28H50O7. The van der Waals surface area contributed by atoms with Crippen molar-refractivity contribution in [2.45, 2.75) is 101 Å². The summed E-state index contributed by atoms with van der Waals surface area (Å²) in [5.41, 5.74) is -1.36. The second-order valence-corrected chi connectivity index (χ2v) is 13.8. The van der Waals surface area contributed by atoms with Crippen LogP contribution in [-0.4, -0.2) is 47.4 Å². The first kappa shape index (κ1) is 31.4. The van der Waals surface area contributed by atoms with E-state index in [1.165, 1.54) is 0 Å². The van der Waals surface area contributed by atoms with Gasteiger partial charge < -0.3 is 19.7 Å². The molecule has 0 amide bonds. The molecule has 0 bridgehead atoms. The van der Waals surface area contributed by atoms with Crippen molar-refractivity contribution in [2.24, 2.45) is 45.8 Å². The van der Waals surface area contributed by atoms with Crippen LogP contribution >= 0.6 is 0 Å². The van der Waals surface area contributed by atoms with E-state index in [-0.39, 0.29) is 23.9 Å². The summed E-state index contributed by atoms with van der Waals surface area (Å²) in [4.78, 5) is 37.6. The number of carbonyl (C=O) groups is 3. The van der Waals surface area contributed by atoms with Crippen LogP contribution in [0.1, 0.15) is 94.9 Å². The highest BCUT2D eigenvalue weighted by Crippen LogP contribution is 2.52. The van der Waals surface area contributed by atoms with Gasteiger partial charge in [0.15, 0.2) is 0 Å². The highest BCUT2D eigenvalue weighted by molar-refractivity contribution is 5.73. The quantitative estimate of drug-likeness (QED) is 0.361. The van der Waals surface area contributed by atoms with Gasteiger partial charge in [0.05, 0.1) is 31.0 Å². The summed E-state index contributed by atoms with van der Waals surface area (Å²) in [6, 6.07) is 0. The Morgan fingerprint density at radius 3 is 1.77 bits per heavy atom. The maximum absolute atomic E-state index is 12.6. The van der Waals surface area contributed by atoms with Crippen molar-refractivity contribution in [1.29, 1.82) is 0 Å². The van der Waals surface area contributed by atoms with E-state index in [0.717, 1.165) is 6.42 Å². The molecule has 204 valence electrons. The molecule has 35 heavy (non-hydrogen) atoms. The molecule has 0 aromatic heterocycles. The zero-order valence-electron chi connectivity index (χ0n) is 23.6. The Kier molecular flexibility index (Phi) is 10.8. The number of aliphatic carboxylic acids is 2. The smallest absolute Gasteiger partial charge is 0.307 e. The average Bonchev–Trinajstić information content (AvgIpc) is 2.62. The lowest BCUT2D eigenvalue weighted by atomic mass is 9.55. The van der Waals surface area contributed by atoms with Crippen LogP contribution in [0, 0.1) is 45.8 Å². The molecule has 3 unspecified atom stereocenters. The monoisotopic (exact) mass is 498 g/mol. The Bertz CT molecular complexity index is 723. The minimum Gasteiger partial charge on any atom is -0.481 e. The van der Waals surface area contributed by atoms with Crippen LogP contribution < -0.4 is 0 Å². The number of hydrogen-bond donors (Lipinski definition) is 2. The Balaban J connectivity index is 3.47. The fourth-order valence-corrected chi connectivity index (χ4v) is 5.81. The number of esters is 1. The maximum Gasteiger partial charge on any atom is 0.307 e. The third kappa shape index (κ3) is 9.40. The summed E-state index contributed by atoms with van der Waals surface area (Å²) in [7, 11) is 0. The number of ether oxygens (including phenoxy) is 2. The Morgan fingerprint density at radius 2 is 1.37 bits per heavy atom. The summed E-state index contributed by atoms with van der Waals surface area (Å²) in [5.74, 6) is -4.67. The highest BCUT2D eigenvalue weighted by Gasteiger charge is 2.54. The van der Waals surface area contributed by atoms with Gasteiger partial charge in [-0.25, -0.2) is 0 Å². The van der Waals surface area contributed by atoms with Crippen molar-refractivity contribution in [3.63, 3.8) is 0 Å². The lowest BCUT2D eigenvalue weighted by Crippen LogP contribution is -2.54. The molecule has 0 radical (unpaired) electrons. The number of rotatable bonds is 10. The van der Waals surface area contributed by atoms with E-state index in [2.05, 4.69) is 0 Å². The lowest BCUT2D eigenvalue weighted by Gasteiger charge is -2.51. The predicted octanol–water partition coefficient (Wildman–Crippen LogP) is 5.90. The van der Waals surface area contributed by atoms with Crippen LogP contribution in [0.15, 0.2) is 0 Å². The van der Waals surface area contributed by atoms with Gasteiger partial charge in [0.2, 0.25) is 0 Å². The largest absolute Gasteiger partial charge is 0.481 e. The van der Waals surface area contributed by atoms with Crippen LogP contribution in [0.25, 0.3) is 0 Å². The summed E-state index contributed by atoms with van der Waals surface area (Å²) in [5, 5.41) is 20.6. The maximum atomic E-state index is 12.6. The van der Waals surface area contributed by atoms with E-state index in [9.17, 15) is 24.6 Å². The zero-order valence-corrected chi connectivity index (χ0v) is 23.6. The Labute approximate surface area is 212 Å². The minimum absolute atomic E-state index is 0.0966. The molecule has 1 aliphatic carbocycles. The molecule has 0 heterocycles. The molecule has 1 fully saturated rings. The van der Waals surface area contributed by atoms with Gasteiger partial charge in [-0.2, -0.15) is 0 Å². The van der Waals surface area contributed by atoms with Crippen molar-refractivity contribution in [3.8, 4) is 0 Å². The molecule has 7 heteroatoms. The summed E-state index contributed by atoms with van der Waals surface area (Å²) in [6.45, 7) is 19.9. The predicted molar refractivity (Wildman–Crippen MR) is 136 cm³/mol. The SMILES string of the molecule is CCCO[C@H]1CC(COC(=O)CC(C)(C)C)C[C@@H](C(C(=O)O)C(C)(C)C)[C@H]1C(C(=O)O)C(C)(C)C. The van der Waals surface area contributed by atoms with Crippen molar-refractivity contribution >= 4 is 17.9 Å². The molecule has 2 N–H and O–H groups in total. The first-order valence-electron chi connectivity index (χ1n) is 13.0. The van der Waals surface area contributed by atoms with Crippen molar-refractivity contribution in [2.75, 3.05) is 13.2 Å². The first-order valence-corrected chi connectivity index (χ1v) is 13.0. The molecule has 6 atom stereocenters. The van der Waals surface area contributed by atoms with Gasteiger partial charge in [0.25, 0.3) is 0 Å². The molecule has 1 aliphatic rings. The average molecular weight is 499 g/mol. The van der Waals surface area contributed by atoms with Crippen LogP contribution in [0.5, 0.6) is 0 Å². The molecule has 0 saturated heterocycles. The van der Waals surface area contributed by atoms with E-state index in [4.69, 9.17) is 9.47 Å². The molecule has 0 spiro atoms. The van der Waals surface area contributed by atoms with Gasteiger partial charge in [-0.1, -0.05) is 69.2 Å². The standard InChI is InChI=1S/C28H50O7/c1-11-12-34-19-14-17(16-35-20(29)15-26(2,3)4)13-18(22(24(30)31)27(5,6)7)21(19)23(25(32)33)28(8,9)10/h17-19,21-23H,11-16H2,1-10H3,(H,30,31)(H,32,33)/t17?,18-,19+,21-,22?,23?/m1/s1. The summed E-state index contributed by atoms with van der Waals surface area (Å²) >= 11 is 0. The highest BCUT2D eigenvalue weighted by atomic mass is 16.5. The fraction of sp³-hybridized carbons (Fsp3) is 0.893. The minimum atomic E-state index is -0.926. The van der Waals surface area contributed by atoms with E-state index < -0.39 is 52.5 Å². The van der Waals surface area contributed by atoms with Gasteiger partial charge >= 0.3 is 17.9 Å². The second-order valence-electron chi connectivity index (χ2n) is 13.8. The van der Waals surface area contributed by atoms with E-state index in [1.807, 2.05) is 69.2 Å². The number of carbonyl (C=O) groups excluding carboxylic acids is 1. The summed E-state index contributed by atoms with van der Waals surface area (Å²) < 4.78 is 11.9. The third-order valence-corrected chi connectivity index (χ3v) is 7.00. The Morgan fingerprint density at radius 1 is 0.857 bits per heavy atom. The molecule has 7 nitrogen and oxygen atoms in total. The number of carboxylic acid groups (broad SMARTS) is 2. The van der Waals surface area contributed by atoms with Crippen molar-refractivity contribution in [1.82, 2.24) is 0 Å². The lowest BCUT2D eigenvalue weighted by molar-refractivity contribution is -0.174. The van der Waals surface area contributed by atoms with E-state index >= 15 is 0 Å². The zero-order chi connectivity index (χ0) is 27.4. The van der Waals surface area contributed by atoms with Crippen molar-refractivity contribution < 1.29 is 34.1 Å². The van der Waals surface area contributed by atoms with Crippen LogP contribution in [0.3, 0.4) is 0 Å². The molecular weight excluding hydrogens is 448 g/mol. The third-order valence-electron chi connectivity index (χ3n) is 7.00. The van der Waals surface area contributed by atoms with Crippen LogP contribution in [0.4, 0.5) is 0 Å². The number of hydrogen-bond acceptors (Lipinski definition) is 5. The van der Waals surface area contributed by atoms with Gasteiger partial charge in [0.1, 0.15) is 0 Å². The molecule has 1 rings (SSSR count). The fourth-order valence-electron chi connectivity index (χ4n) is 5.81. The van der Waals surface area contributed by atoms with E-state index in [1.54, 1.807) is 0 Å². The topological polar surface area (TPSA) is 110 Å². The first-order chi connectivity index (χ1) is 15.8. The molecule has 1 saturated carbocycles. The number of carboxylic acids is 2. The molecule has 0 aromatic carbocycles. The van der Waals surface area contributed by atoms with Crippen molar-refractivity contribution in [3.05, 3.63) is 0 Å². The second kappa shape index (κ2) is 12.1. The molecule has 0 aromatic rings. The van der Waals surface area contributed by atoms with Gasteiger partial charge in [-0.3, -0.25) is 14.4 Å². The van der Waals surface area contributed by atoms with Gasteiger partial charge in [-0.15, -0.1) is 0 Å². The molecule has 0 aliphatic heterocycles. The van der Waals surface area contributed by atoms with Gasteiger partial charge in [0, 0.05) is 12.5 Å². The van der Waals surface area contributed by atoms with Gasteiger partial charge in [-0.05, 0) is 47.3 Å². The van der Waals surface area contributed by atoms with Crippen LogP contribution in [0.2, 0.25) is 0 Å². The van der Waals surface area contributed by atoms with Crippen LogP contribution in [-0.2, 0) is 23.9 Å². The van der Waals surface area contributed by atoms with E-state index in [0.29, 0.717) is 25.9 Å². The Hall–Kier alpha value is -1.63. The summed E-state index contributed by atoms with van der Waals surface area (Å²) in [6.07, 6.45) is 1.67. The normalized spacial score (nSPS) is 25.5.